The number of hydrogen-bond donors (Lipinski definition) is 3. The summed E-state index contributed by atoms with van der Waals surface area (Å²) in [7, 11) is 0. The standard InChI is InChI=1S/C12H12N2OS/c13-16-12-7-6-10(8-11(12)15)14-9-4-2-1-3-5-9/h1-8,14-15H,13H2. The first-order valence-electron chi connectivity index (χ1n) is 4.81. The molecule has 4 N–H and O–H groups in total. The first-order chi connectivity index (χ1) is 7.79. The third-order valence-corrected chi connectivity index (χ3v) is 2.75. The normalized spacial score (nSPS) is 10.1. The Labute approximate surface area is 98.4 Å². The zero-order chi connectivity index (χ0) is 11.4. The smallest absolute Gasteiger partial charge is 0.132 e. The highest BCUT2D eigenvalue weighted by Gasteiger charge is 2.01. The fourth-order valence-electron chi connectivity index (χ4n) is 1.38. The van der Waals surface area contributed by atoms with E-state index >= 15 is 0 Å². The minimum absolute atomic E-state index is 0.188. The number of benzene rings is 2. The van der Waals surface area contributed by atoms with Crippen LogP contribution < -0.4 is 10.5 Å². The fourth-order valence-corrected chi connectivity index (χ4v) is 1.71. The molecule has 0 heterocycles. The SMILES string of the molecule is NSc1ccc(Nc2ccccc2)cc1O. The maximum atomic E-state index is 9.63. The number of nitrogens with one attached hydrogen (secondary N) is 1. The maximum Gasteiger partial charge on any atom is 0.132 e. The van der Waals surface area contributed by atoms with Gasteiger partial charge >= 0.3 is 0 Å². The van der Waals surface area contributed by atoms with E-state index in [1.54, 1.807) is 12.1 Å². The molecule has 0 saturated heterocycles. The zero-order valence-electron chi connectivity index (χ0n) is 8.55. The van der Waals surface area contributed by atoms with Crippen molar-refractivity contribution in [3.8, 4) is 5.75 Å². The maximum absolute atomic E-state index is 9.63. The second kappa shape index (κ2) is 4.92. The molecule has 2 rings (SSSR count). The number of hydrogen-bond acceptors (Lipinski definition) is 4. The number of phenolic OH excluding ortho intramolecular Hbond substituents is 1. The molecule has 16 heavy (non-hydrogen) atoms. The van der Waals surface area contributed by atoms with Crippen LogP contribution in [-0.2, 0) is 0 Å². The van der Waals surface area contributed by atoms with Crippen LogP contribution in [0.3, 0.4) is 0 Å². The third kappa shape index (κ3) is 2.48. The van der Waals surface area contributed by atoms with Crippen LogP contribution in [0, 0.1) is 0 Å². The van der Waals surface area contributed by atoms with Gasteiger partial charge < -0.3 is 10.4 Å². The Bertz CT molecular complexity index is 474. The van der Waals surface area contributed by atoms with Crippen LogP contribution in [0.1, 0.15) is 0 Å². The van der Waals surface area contributed by atoms with Gasteiger partial charge in [-0.1, -0.05) is 18.2 Å². The largest absolute Gasteiger partial charge is 0.507 e. The van der Waals surface area contributed by atoms with Gasteiger partial charge in [0.15, 0.2) is 0 Å². The first kappa shape index (κ1) is 10.9. The summed E-state index contributed by atoms with van der Waals surface area (Å²) in [5, 5.41) is 18.2. The molecule has 0 atom stereocenters. The van der Waals surface area contributed by atoms with Crippen molar-refractivity contribution in [2.24, 2.45) is 5.14 Å². The van der Waals surface area contributed by atoms with Crippen LogP contribution in [0.25, 0.3) is 0 Å². The lowest BCUT2D eigenvalue weighted by Crippen LogP contribution is -1.90. The summed E-state index contributed by atoms with van der Waals surface area (Å²) in [6.45, 7) is 0. The van der Waals surface area contributed by atoms with E-state index in [1.165, 1.54) is 0 Å². The Balaban J connectivity index is 2.20. The molecule has 2 aromatic carbocycles. The average Bonchev–Trinajstić information content (AvgIpc) is 2.31. The topological polar surface area (TPSA) is 58.3 Å². The van der Waals surface area contributed by atoms with Gasteiger partial charge in [-0.15, -0.1) is 0 Å². The van der Waals surface area contributed by atoms with Gasteiger partial charge in [-0.05, 0) is 36.2 Å². The molecule has 0 aromatic heterocycles. The Hall–Kier alpha value is -1.65. The number of para-hydroxylation sites is 1. The third-order valence-electron chi connectivity index (χ3n) is 2.15. The van der Waals surface area contributed by atoms with E-state index in [4.69, 9.17) is 5.14 Å². The molecular weight excluding hydrogens is 220 g/mol. The summed E-state index contributed by atoms with van der Waals surface area (Å²) in [5.74, 6) is 0.188. The van der Waals surface area contributed by atoms with Gasteiger partial charge in [-0.3, -0.25) is 5.14 Å². The molecule has 0 aliphatic rings. The van der Waals surface area contributed by atoms with Crippen molar-refractivity contribution in [1.29, 1.82) is 0 Å². The van der Waals surface area contributed by atoms with Crippen LogP contribution in [0.5, 0.6) is 5.75 Å². The highest BCUT2D eigenvalue weighted by Crippen LogP contribution is 2.29. The molecule has 0 radical (unpaired) electrons. The molecule has 0 bridgehead atoms. The van der Waals surface area contributed by atoms with Gasteiger partial charge in [0, 0.05) is 17.4 Å². The minimum atomic E-state index is 0.188. The predicted octanol–water partition coefficient (Wildman–Crippen LogP) is 3.10. The molecule has 2 aromatic rings. The minimum Gasteiger partial charge on any atom is -0.507 e. The monoisotopic (exact) mass is 232 g/mol. The van der Waals surface area contributed by atoms with Crippen LogP contribution in [-0.4, -0.2) is 5.11 Å². The number of phenols is 1. The molecule has 0 aliphatic heterocycles. The van der Waals surface area contributed by atoms with E-state index in [9.17, 15) is 5.11 Å². The lowest BCUT2D eigenvalue weighted by Gasteiger charge is -2.08. The summed E-state index contributed by atoms with van der Waals surface area (Å²) in [5.41, 5.74) is 1.82. The summed E-state index contributed by atoms with van der Waals surface area (Å²) in [4.78, 5) is 0.665. The highest BCUT2D eigenvalue weighted by atomic mass is 32.2. The average molecular weight is 232 g/mol. The molecule has 0 saturated carbocycles. The molecule has 4 heteroatoms. The van der Waals surface area contributed by atoms with Crippen LogP contribution >= 0.6 is 11.9 Å². The van der Waals surface area contributed by atoms with Crippen molar-refractivity contribution < 1.29 is 5.11 Å². The summed E-state index contributed by atoms with van der Waals surface area (Å²) in [6, 6.07) is 15.1. The Kier molecular flexibility index (Phi) is 3.34. The van der Waals surface area contributed by atoms with Crippen molar-refractivity contribution in [3.63, 3.8) is 0 Å². The van der Waals surface area contributed by atoms with Gasteiger partial charge in [0.1, 0.15) is 5.75 Å². The second-order valence-electron chi connectivity index (χ2n) is 3.29. The van der Waals surface area contributed by atoms with E-state index in [2.05, 4.69) is 5.32 Å². The second-order valence-corrected chi connectivity index (χ2v) is 3.97. The van der Waals surface area contributed by atoms with Gasteiger partial charge in [0.2, 0.25) is 0 Å². The molecule has 0 unspecified atom stereocenters. The Morgan fingerprint density at radius 2 is 1.75 bits per heavy atom. The molecule has 0 amide bonds. The Morgan fingerprint density at radius 1 is 1.00 bits per heavy atom. The van der Waals surface area contributed by atoms with E-state index in [0.29, 0.717) is 4.90 Å². The van der Waals surface area contributed by atoms with E-state index in [1.807, 2.05) is 36.4 Å². The molecule has 0 fully saturated rings. The molecule has 0 spiro atoms. The van der Waals surface area contributed by atoms with Crippen molar-refractivity contribution in [2.45, 2.75) is 4.90 Å². The zero-order valence-corrected chi connectivity index (χ0v) is 9.37. The van der Waals surface area contributed by atoms with Crippen LogP contribution in [0.4, 0.5) is 11.4 Å². The molecule has 0 aliphatic carbocycles. The first-order valence-corrected chi connectivity index (χ1v) is 5.69. The van der Waals surface area contributed by atoms with Crippen LogP contribution in [0.15, 0.2) is 53.4 Å². The van der Waals surface area contributed by atoms with E-state index in [0.717, 1.165) is 23.3 Å². The summed E-state index contributed by atoms with van der Waals surface area (Å²) < 4.78 is 0. The van der Waals surface area contributed by atoms with Gasteiger partial charge in [-0.25, -0.2) is 0 Å². The molecule has 3 nitrogen and oxygen atoms in total. The lowest BCUT2D eigenvalue weighted by atomic mass is 10.2. The number of rotatable bonds is 3. The van der Waals surface area contributed by atoms with Gasteiger partial charge in [-0.2, -0.15) is 0 Å². The van der Waals surface area contributed by atoms with Crippen molar-refractivity contribution >= 4 is 23.3 Å². The number of anilines is 2. The number of nitrogens with two attached hydrogens (primary N) is 1. The highest BCUT2D eigenvalue weighted by molar-refractivity contribution is 7.97. The van der Waals surface area contributed by atoms with E-state index in [-0.39, 0.29) is 5.75 Å². The lowest BCUT2D eigenvalue weighted by molar-refractivity contribution is 0.463. The predicted molar refractivity (Wildman–Crippen MR) is 67.9 cm³/mol. The van der Waals surface area contributed by atoms with Crippen molar-refractivity contribution in [2.75, 3.05) is 5.32 Å². The fraction of sp³-hybridized carbons (Fsp3) is 0. The summed E-state index contributed by atoms with van der Waals surface area (Å²) >= 11 is 1.03. The van der Waals surface area contributed by atoms with Gasteiger partial charge in [0.25, 0.3) is 0 Å². The molecule has 82 valence electrons. The molecular formula is C12H12N2OS. The van der Waals surface area contributed by atoms with E-state index < -0.39 is 0 Å². The van der Waals surface area contributed by atoms with Crippen LogP contribution in [0.2, 0.25) is 0 Å². The van der Waals surface area contributed by atoms with Crippen molar-refractivity contribution in [1.82, 2.24) is 0 Å². The Morgan fingerprint density at radius 3 is 2.38 bits per heavy atom. The van der Waals surface area contributed by atoms with Gasteiger partial charge in [0.05, 0.1) is 4.90 Å². The van der Waals surface area contributed by atoms with Crippen molar-refractivity contribution in [3.05, 3.63) is 48.5 Å². The number of aromatic hydroxyl groups is 1. The summed E-state index contributed by atoms with van der Waals surface area (Å²) in [6.07, 6.45) is 0. The quantitative estimate of drug-likeness (QED) is 0.712.